The van der Waals surface area contributed by atoms with Gasteiger partial charge in [0.05, 0.1) is 9.92 Å². The highest BCUT2D eigenvalue weighted by Gasteiger charge is 2.25. The van der Waals surface area contributed by atoms with Gasteiger partial charge < -0.3 is 0 Å². The molecule has 0 bridgehead atoms. The van der Waals surface area contributed by atoms with Crippen LogP contribution in [0.1, 0.15) is 13.8 Å². The monoisotopic (exact) mass is 359 g/mol. The second kappa shape index (κ2) is 5.45. The maximum absolute atomic E-state index is 12.0. The first-order valence-corrected chi connectivity index (χ1v) is 7.92. The van der Waals surface area contributed by atoms with Gasteiger partial charge in [0.1, 0.15) is 0 Å². The summed E-state index contributed by atoms with van der Waals surface area (Å²) in [4.78, 5) is 0.145. The lowest BCUT2D eigenvalue weighted by Crippen LogP contribution is -2.44. The molecule has 0 amide bonds. The minimum atomic E-state index is -3.59. The van der Waals surface area contributed by atoms with Crippen molar-refractivity contribution in [2.45, 2.75) is 24.3 Å². The van der Waals surface area contributed by atoms with E-state index in [2.05, 4.69) is 20.7 Å². The Kier molecular flexibility index (Phi) is 4.88. The summed E-state index contributed by atoms with van der Waals surface area (Å²) in [6.45, 7) is 3.42. The molecule has 3 nitrogen and oxygen atoms in total. The van der Waals surface area contributed by atoms with Crippen molar-refractivity contribution in [1.29, 1.82) is 0 Å². The summed E-state index contributed by atoms with van der Waals surface area (Å²) in [5.41, 5.74) is -0.702. The zero-order chi connectivity index (χ0) is 13.3. The number of rotatable bonds is 4. The van der Waals surface area contributed by atoms with Gasteiger partial charge in [-0.05, 0) is 48.0 Å². The minimum absolute atomic E-state index is 0.145. The Morgan fingerprint density at radius 3 is 2.47 bits per heavy atom. The first kappa shape index (κ1) is 15.2. The molecule has 1 N–H and O–H groups in total. The fraction of sp³-hybridized carbons (Fsp3) is 0.400. The van der Waals surface area contributed by atoms with Crippen LogP contribution in [0.25, 0.3) is 0 Å². The van der Waals surface area contributed by atoms with Crippen LogP contribution < -0.4 is 4.72 Å². The maximum Gasteiger partial charge on any atom is 0.241 e. The van der Waals surface area contributed by atoms with Crippen LogP contribution in [0.4, 0.5) is 0 Å². The second-order valence-electron chi connectivity index (χ2n) is 4.20. The molecule has 0 aliphatic rings. The van der Waals surface area contributed by atoms with E-state index in [-0.39, 0.29) is 10.8 Å². The lowest BCUT2D eigenvalue weighted by molar-refractivity contribution is 0.496. The van der Waals surface area contributed by atoms with Crippen molar-refractivity contribution in [3.05, 3.63) is 27.7 Å². The second-order valence-corrected chi connectivity index (χ2v) is 7.41. The molecular weight excluding hydrogens is 349 g/mol. The van der Waals surface area contributed by atoms with E-state index < -0.39 is 15.6 Å². The summed E-state index contributed by atoms with van der Waals surface area (Å²) < 4.78 is 27.1. The highest BCUT2D eigenvalue weighted by atomic mass is 79.9. The van der Waals surface area contributed by atoms with Crippen molar-refractivity contribution in [3.8, 4) is 0 Å². The largest absolute Gasteiger partial charge is 0.241 e. The highest BCUT2D eigenvalue weighted by Crippen LogP contribution is 2.25. The van der Waals surface area contributed by atoms with E-state index in [1.807, 2.05) is 0 Å². The molecule has 1 aromatic carbocycles. The predicted octanol–water partition coefficient (Wildman–Crippen LogP) is 3.40. The zero-order valence-electron chi connectivity index (χ0n) is 9.30. The topological polar surface area (TPSA) is 46.2 Å². The number of alkyl halides is 1. The number of hydrogen-bond donors (Lipinski definition) is 1. The van der Waals surface area contributed by atoms with Gasteiger partial charge >= 0.3 is 0 Å². The summed E-state index contributed by atoms with van der Waals surface area (Å²) >= 11 is 14.7. The molecule has 0 aromatic heterocycles. The van der Waals surface area contributed by atoms with Crippen molar-refractivity contribution in [3.63, 3.8) is 0 Å². The fourth-order valence-electron chi connectivity index (χ4n) is 1.09. The van der Waals surface area contributed by atoms with Crippen molar-refractivity contribution >= 4 is 49.2 Å². The van der Waals surface area contributed by atoms with E-state index in [4.69, 9.17) is 23.2 Å². The van der Waals surface area contributed by atoms with Crippen molar-refractivity contribution in [2.75, 3.05) is 5.88 Å². The van der Waals surface area contributed by atoms with Crippen LogP contribution in [-0.2, 0) is 10.0 Å². The Balaban J connectivity index is 3.10. The Labute approximate surface area is 120 Å². The van der Waals surface area contributed by atoms with Gasteiger partial charge in [0.2, 0.25) is 10.0 Å². The molecule has 1 rings (SSSR count). The van der Waals surface area contributed by atoms with Crippen LogP contribution in [0, 0.1) is 0 Å². The molecule has 0 aliphatic carbocycles. The molecule has 7 heteroatoms. The van der Waals surface area contributed by atoms with Gasteiger partial charge in [-0.3, -0.25) is 0 Å². The van der Waals surface area contributed by atoms with Gasteiger partial charge in [-0.25, -0.2) is 13.1 Å². The van der Waals surface area contributed by atoms with E-state index in [0.717, 1.165) is 0 Å². The molecular formula is C10H12BrCl2NO2S. The number of hydrogen-bond acceptors (Lipinski definition) is 2. The maximum atomic E-state index is 12.0. The molecule has 17 heavy (non-hydrogen) atoms. The molecule has 0 radical (unpaired) electrons. The van der Waals surface area contributed by atoms with E-state index in [1.54, 1.807) is 13.8 Å². The third kappa shape index (κ3) is 4.10. The van der Waals surface area contributed by atoms with Crippen LogP contribution in [0.2, 0.25) is 5.02 Å². The smallest absolute Gasteiger partial charge is 0.207 e. The lowest BCUT2D eigenvalue weighted by atomic mass is 10.1. The average Bonchev–Trinajstić information content (AvgIpc) is 2.20. The molecule has 1 aromatic rings. The SMILES string of the molecule is CC(C)(CCl)NS(=O)(=O)c1ccc(Cl)c(Br)c1. The first-order valence-electron chi connectivity index (χ1n) is 4.73. The van der Waals surface area contributed by atoms with Gasteiger partial charge in [-0.2, -0.15) is 0 Å². The summed E-state index contributed by atoms with van der Waals surface area (Å²) in [7, 11) is -3.59. The number of benzene rings is 1. The number of sulfonamides is 1. The molecule has 0 spiro atoms. The first-order chi connectivity index (χ1) is 7.68. The van der Waals surface area contributed by atoms with Crippen LogP contribution in [0.3, 0.4) is 0 Å². The van der Waals surface area contributed by atoms with Crippen molar-refractivity contribution in [1.82, 2.24) is 4.72 Å². The molecule has 0 aliphatic heterocycles. The molecule has 0 fully saturated rings. The van der Waals surface area contributed by atoms with E-state index in [0.29, 0.717) is 9.50 Å². The fourth-order valence-corrected chi connectivity index (χ4v) is 3.33. The Morgan fingerprint density at radius 1 is 1.41 bits per heavy atom. The average molecular weight is 361 g/mol. The van der Waals surface area contributed by atoms with Crippen LogP contribution in [0.15, 0.2) is 27.6 Å². The molecule has 0 atom stereocenters. The molecule has 96 valence electrons. The summed E-state index contributed by atoms with van der Waals surface area (Å²) in [6, 6.07) is 4.42. The van der Waals surface area contributed by atoms with E-state index in [1.165, 1.54) is 18.2 Å². The van der Waals surface area contributed by atoms with Gasteiger partial charge in [0.25, 0.3) is 0 Å². The summed E-state index contributed by atoms with van der Waals surface area (Å²) in [5, 5.41) is 0.459. The Morgan fingerprint density at radius 2 is 2.00 bits per heavy atom. The third-order valence-corrected chi connectivity index (χ3v) is 5.52. The van der Waals surface area contributed by atoms with Crippen LogP contribution in [-0.4, -0.2) is 19.8 Å². The van der Waals surface area contributed by atoms with Crippen LogP contribution in [0.5, 0.6) is 0 Å². The predicted molar refractivity (Wildman–Crippen MR) is 74.3 cm³/mol. The molecule has 0 saturated heterocycles. The van der Waals surface area contributed by atoms with Gasteiger partial charge in [-0.1, -0.05) is 11.6 Å². The van der Waals surface area contributed by atoms with E-state index >= 15 is 0 Å². The highest BCUT2D eigenvalue weighted by molar-refractivity contribution is 9.10. The Hall–Kier alpha value is 0.190. The van der Waals surface area contributed by atoms with Crippen LogP contribution >= 0.6 is 39.1 Å². The lowest BCUT2D eigenvalue weighted by Gasteiger charge is -2.23. The standard InChI is InChI=1S/C10H12BrCl2NO2S/c1-10(2,6-12)14-17(15,16)7-3-4-9(13)8(11)5-7/h3-5,14H,6H2,1-2H3. The number of nitrogens with one attached hydrogen (secondary N) is 1. The van der Waals surface area contributed by atoms with Crippen molar-refractivity contribution < 1.29 is 8.42 Å². The van der Waals surface area contributed by atoms with Gasteiger partial charge in [0.15, 0.2) is 0 Å². The minimum Gasteiger partial charge on any atom is -0.207 e. The van der Waals surface area contributed by atoms with E-state index in [9.17, 15) is 8.42 Å². The quantitative estimate of drug-likeness (QED) is 0.836. The molecule has 0 saturated carbocycles. The summed E-state index contributed by atoms with van der Waals surface area (Å²) in [6.07, 6.45) is 0. The number of halogens is 3. The molecule has 0 unspecified atom stereocenters. The Bertz CT molecular complexity index is 517. The van der Waals surface area contributed by atoms with Gasteiger partial charge in [-0.15, -0.1) is 11.6 Å². The zero-order valence-corrected chi connectivity index (χ0v) is 13.2. The van der Waals surface area contributed by atoms with Gasteiger partial charge in [0, 0.05) is 15.9 Å². The third-order valence-electron chi connectivity index (χ3n) is 1.95. The molecule has 0 heterocycles. The van der Waals surface area contributed by atoms with Crippen molar-refractivity contribution in [2.24, 2.45) is 0 Å². The summed E-state index contributed by atoms with van der Waals surface area (Å²) in [5.74, 6) is 0.182. The normalized spacial score (nSPS) is 12.8.